The van der Waals surface area contributed by atoms with Crippen LogP contribution in [0.3, 0.4) is 0 Å². The summed E-state index contributed by atoms with van der Waals surface area (Å²) in [4.78, 5) is 29.3. The number of piperidine rings is 1. The van der Waals surface area contributed by atoms with Gasteiger partial charge in [0.05, 0.1) is 18.4 Å². The van der Waals surface area contributed by atoms with Gasteiger partial charge in [-0.1, -0.05) is 6.07 Å². The topological polar surface area (TPSA) is 71.0 Å². The van der Waals surface area contributed by atoms with Crippen molar-refractivity contribution in [2.75, 3.05) is 5.32 Å². The summed E-state index contributed by atoms with van der Waals surface area (Å²) in [6, 6.07) is 3.87. The number of nitrogens with one attached hydrogen (secondary N) is 1. The summed E-state index contributed by atoms with van der Waals surface area (Å²) in [7, 11) is 0. The van der Waals surface area contributed by atoms with Gasteiger partial charge in [0.15, 0.2) is 5.75 Å². The largest absolute Gasteiger partial charge is 0.436 e. The molecule has 0 bridgehead atoms. The lowest BCUT2D eigenvalue weighted by Gasteiger charge is -2.30. The zero-order valence-corrected chi connectivity index (χ0v) is 12.5. The summed E-state index contributed by atoms with van der Waals surface area (Å²) in [6.45, 7) is 0.551. The molecule has 2 amide bonds. The molecule has 7 heteroatoms. The molecule has 1 aromatic rings. The van der Waals surface area contributed by atoms with Gasteiger partial charge in [-0.3, -0.25) is 14.6 Å². The van der Waals surface area contributed by atoms with Gasteiger partial charge in [-0.25, -0.2) is 4.90 Å². The Balaban J connectivity index is 0.00000144. The fourth-order valence-electron chi connectivity index (χ4n) is 2.78. The zero-order chi connectivity index (χ0) is 14.4. The van der Waals surface area contributed by atoms with E-state index in [0.717, 1.165) is 21.7 Å². The monoisotopic (exact) mass is 319 g/mol. The fraction of sp³-hybridized carbons (Fsp3) is 0.267. The van der Waals surface area contributed by atoms with E-state index in [9.17, 15) is 9.59 Å². The Bertz CT molecular complexity index is 711. The Hall–Kier alpha value is -2.34. The van der Waals surface area contributed by atoms with E-state index >= 15 is 0 Å². The first-order valence-electron chi connectivity index (χ1n) is 6.90. The lowest BCUT2D eigenvalue weighted by molar-refractivity contribution is -0.147. The van der Waals surface area contributed by atoms with Crippen molar-refractivity contribution in [3.63, 3.8) is 0 Å². The maximum absolute atomic E-state index is 12.0. The number of fused-ring (bicyclic) bond motifs is 3. The standard InChI is InChI=1S/C15H13N3O3.ClH/c19-12-2-1-3-13(20)18(12)14-8-17-11-5-4-9-6-16-7-10(9)15(11)21-14;/h4-6,8,17H,1-3,7H2;1H. The van der Waals surface area contributed by atoms with Crippen molar-refractivity contribution in [1.29, 1.82) is 0 Å². The van der Waals surface area contributed by atoms with Crippen LogP contribution in [0.15, 0.2) is 29.2 Å². The Labute approximate surface area is 133 Å². The minimum atomic E-state index is -0.216. The summed E-state index contributed by atoms with van der Waals surface area (Å²) in [5.41, 5.74) is 2.80. The van der Waals surface area contributed by atoms with E-state index in [1.54, 1.807) is 12.4 Å². The molecule has 0 aromatic heterocycles. The average Bonchev–Trinajstić information content (AvgIpc) is 2.96. The molecule has 4 rings (SSSR count). The molecule has 0 unspecified atom stereocenters. The molecule has 3 heterocycles. The van der Waals surface area contributed by atoms with Gasteiger partial charge in [-0.2, -0.15) is 0 Å². The van der Waals surface area contributed by atoms with Crippen LogP contribution >= 0.6 is 12.4 Å². The number of rotatable bonds is 1. The molecule has 114 valence electrons. The van der Waals surface area contributed by atoms with E-state index < -0.39 is 0 Å². The minimum absolute atomic E-state index is 0. The van der Waals surface area contributed by atoms with Crippen molar-refractivity contribution in [3.8, 4) is 5.75 Å². The quantitative estimate of drug-likeness (QED) is 0.805. The molecule has 1 aromatic carbocycles. The normalized spacial score (nSPS) is 18.7. The molecule has 3 aliphatic rings. The first-order chi connectivity index (χ1) is 10.2. The first kappa shape index (κ1) is 14.6. The van der Waals surface area contributed by atoms with Crippen molar-refractivity contribution in [2.45, 2.75) is 25.8 Å². The number of halogens is 1. The van der Waals surface area contributed by atoms with Crippen LogP contribution in [-0.4, -0.2) is 22.9 Å². The number of carbonyl (C=O) groups is 2. The SMILES string of the molecule is Cl.O=C1CCCC(=O)N1C1=CNc2ccc3c(c2O1)CN=C3. The van der Waals surface area contributed by atoms with E-state index in [1.165, 1.54) is 0 Å². The molecule has 1 N–H and O–H groups in total. The number of anilines is 1. The molecule has 0 radical (unpaired) electrons. The van der Waals surface area contributed by atoms with E-state index in [2.05, 4.69) is 10.3 Å². The van der Waals surface area contributed by atoms with Gasteiger partial charge in [0.25, 0.3) is 0 Å². The zero-order valence-electron chi connectivity index (χ0n) is 11.7. The van der Waals surface area contributed by atoms with Gasteiger partial charge in [0.1, 0.15) is 0 Å². The molecule has 1 fully saturated rings. The van der Waals surface area contributed by atoms with Crippen molar-refractivity contribution in [3.05, 3.63) is 35.3 Å². The molecule has 22 heavy (non-hydrogen) atoms. The summed E-state index contributed by atoms with van der Waals surface area (Å²) in [6.07, 6.45) is 4.71. The van der Waals surface area contributed by atoms with Crippen LogP contribution in [0.25, 0.3) is 0 Å². The number of likely N-dealkylation sites (tertiary alicyclic amines) is 1. The second-order valence-corrected chi connectivity index (χ2v) is 5.19. The number of aliphatic imine (C=N–C) groups is 1. The molecular weight excluding hydrogens is 306 g/mol. The molecule has 1 saturated heterocycles. The van der Waals surface area contributed by atoms with Crippen LogP contribution in [0, 0.1) is 0 Å². The third-order valence-electron chi connectivity index (χ3n) is 3.83. The predicted molar refractivity (Wildman–Crippen MR) is 83.0 cm³/mol. The number of ether oxygens (including phenoxy) is 1. The highest BCUT2D eigenvalue weighted by Gasteiger charge is 2.33. The Morgan fingerprint density at radius 1 is 1.18 bits per heavy atom. The van der Waals surface area contributed by atoms with Crippen LogP contribution in [0.4, 0.5) is 5.69 Å². The van der Waals surface area contributed by atoms with Gasteiger partial charge < -0.3 is 10.1 Å². The van der Waals surface area contributed by atoms with Crippen LogP contribution in [0.2, 0.25) is 0 Å². The number of nitrogens with zero attached hydrogens (tertiary/aromatic N) is 2. The highest BCUT2D eigenvalue weighted by atomic mass is 35.5. The Morgan fingerprint density at radius 2 is 1.95 bits per heavy atom. The van der Waals surface area contributed by atoms with E-state index in [0.29, 0.717) is 31.6 Å². The summed E-state index contributed by atoms with van der Waals surface area (Å²) in [5, 5.41) is 3.09. The molecule has 3 aliphatic heterocycles. The number of carbonyl (C=O) groups excluding carboxylic acids is 2. The van der Waals surface area contributed by atoms with Crippen LogP contribution in [0.5, 0.6) is 5.75 Å². The Kier molecular flexibility index (Phi) is 3.62. The third kappa shape index (κ3) is 2.16. The molecule has 0 spiro atoms. The van der Waals surface area contributed by atoms with Crippen molar-refractivity contribution >= 4 is 36.1 Å². The van der Waals surface area contributed by atoms with E-state index in [4.69, 9.17) is 4.74 Å². The van der Waals surface area contributed by atoms with E-state index in [-0.39, 0.29) is 30.1 Å². The van der Waals surface area contributed by atoms with Gasteiger partial charge in [-0.05, 0) is 12.5 Å². The maximum Gasteiger partial charge on any atom is 0.236 e. The average molecular weight is 320 g/mol. The first-order valence-corrected chi connectivity index (χ1v) is 6.90. The van der Waals surface area contributed by atoms with Crippen molar-refractivity contribution in [2.24, 2.45) is 4.99 Å². The molecule has 6 nitrogen and oxygen atoms in total. The third-order valence-corrected chi connectivity index (χ3v) is 3.83. The van der Waals surface area contributed by atoms with Crippen LogP contribution < -0.4 is 10.1 Å². The molecule has 0 aliphatic carbocycles. The molecule has 0 atom stereocenters. The van der Waals surface area contributed by atoms with E-state index in [1.807, 2.05) is 12.1 Å². The van der Waals surface area contributed by atoms with Crippen LogP contribution in [0.1, 0.15) is 30.4 Å². The van der Waals surface area contributed by atoms with Crippen molar-refractivity contribution < 1.29 is 14.3 Å². The highest BCUT2D eigenvalue weighted by molar-refractivity contribution is 5.99. The number of amides is 2. The highest BCUT2D eigenvalue weighted by Crippen LogP contribution is 2.38. The van der Waals surface area contributed by atoms with Crippen LogP contribution in [-0.2, 0) is 16.1 Å². The number of hydrogen-bond donors (Lipinski definition) is 1. The summed E-state index contributed by atoms with van der Waals surface area (Å²) in [5.74, 6) is 0.462. The van der Waals surface area contributed by atoms with Gasteiger partial charge in [0, 0.05) is 30.2 Å². The number of imide groups is 1. The lowest BCUT2D eigenvalue weighted by atomic mass is 10.1. The molecular formula is C15H14ClN3O3. The minimum Gasteiger partial charge on any atom is -0.436 e. The number of benzene rings is 1. The fourth-order valence-corrected chi connectivity index (χ4v) is 2.78. The second-order valence-electron chi connectivity index (χ2n) is 5.19. The maximum atomic E-state index is 12.0. The smallest absolute Gasteiger partial charge is 0.236 e. The van der Waals surface area contributed by atoms with Gasteiger partial charge in [-0.15, -0.1) is 12.4 Å². The molecule has 0 saturated carbocycles. The van der Waals surface area contributed by atoms with Crippen molar-refractivity contribution in [1.82, 2.24) is 4.90 Å². The second kappa shape index (κ2) is 5.46. The number of hydrogen-bond acceptors (Lipinski definition) is 5. The predicted octanol–water partition coefficient (Wildman–Crippen LogP) is 2.18. The lowest BCUT2D eigenvalue weighted by Crippen LogP contribution is -2.41. The summed E-state index contributed by atoms with van der Waals surface area (Å²) < 4.78 is 5.86. The summed E-state index contributed by atoms with van der Waals surface area (Å²) >= 11 is 0. The van der Waals surface area contributed by atoms with Gasteiger partial charge in [0.2, 0.25) is 17.7 Å². The Morgan fingerprint density at radius 3 is 2.73 bits per heavy atom. The van der Waals surface area contributed by atoms with Gasteiger partial charge >= 0.3 is 0 Å².